The van der Waals surface area contributed by atoms with E-state index in [-0.39, 0.29) is 11.9 Å². The number of aromatic amines is 1. The number of esters is 1. The number of rotatable bonds is 4. The average Bonchev–Trinajstić information content (AvgIpc) is 3.08. The van der Waals surface area contributed by atoms with Gasteiger partial charge in [-0.15, -0.1) is 11.8 Å². The minimum atomic E-state index is -1.08. The highest BCUT2D eigenvalue weighted by molar-refractivity contribution is 8.00. The van der Waals surface area contributed by atoms with Crippen molar-refractivity contribution in [1.29, 1.82) is 0 Å². The number of nitrogens with one attached hydrogen (secondary N) is 1. The Morgan fingerprint density at radius 2 is 2.15 bits per heavy atom. The van der Waals surface area contributed by atoms with Crippen LogP contribution >= 0.6 is 11.8 Å². The quantitative estimate of drug-likeness (QED) is 0.780. The van der Waals surface area contributed by atoms with E-state index < -0.39 is 34.7 Å². The molecule has 0 bridgehead atoms. The third-order valence-electron chi connectivity index (χ3n) is 5.33. The molecule has 1 aromatic heterocycles. The third-order valence-corrected chi connectivity index (χ3v) is 6.41. The fourth-order valence-electron chi connectivity index (χ4n) is 3.79. The van der Waals surface area contributed by atoms with Gasteiger partial charge in [0.1, 0.15) is 12.3 Å². The van der Waals surface area contributed by atoms with Gasteiger partial charge in [0.2, 0.25) is 11.3 Å². The van der Waals surface area contributed by atoms with Crippen LogP contribution in [0, 0.1) is 23.6 Å². The van der Waals surface area contributed by atoms with E-state index in [4.69, 9.17) is 9.47 Å². The molecule has 0 spiro atoms. The summed E-state index contributed by atoms with van der Waals surface area (Å²) in [5.74, 6) is -0.0215. The van der Waals surface area contributed by atoms with Crippen LogP contribution in [0.5, 0.6) is 0 Å². The second kappa shape index (κ2) is 8.18. The summed E-state index contributed by atoms with van der Waals surface area (Å²) < 4.78 is 25.8. The molecule has 0 radical (unpaired) electrons. The molecule has 0 aromatic carbocycles. The van der Waals surface area contributed by atoms with E-state index >= 15 is 0 Å². The first kappa shape index (κ1) is 20.1. The highest BCUT2D eigenvalue weighted by Gasteiger charge is 2.39. The van der Waals surface area contributed by atoms with Crippen LogP contribution in [-0.2, 0) is 14.3 Å². The van der Waals surface area contributed by atoms with Gasteiger partial charge in [-0.05, 0) is 30.6 Å². The van der Waals surface area contributed by atoms with Crippen LogP contribution in [0.3, 0.4) is 0 Å². The summed E-state index contributed by atoms with van der Waals surface area (Å²) in [6, 6.07) is 0. The lowest BCUT2D eigenvalue weighted by Gasteiger charge is -2.37. The van der Waals surface area contributed by atoms with Crippen molar-refractivity contribution in [2.24, 2.45) is 17.8 Å². The number of hydrogen-bond donors (Lipinski definition) is 1. The van der Waals surface area contributed by atoms with E-state index in [1.54, 1.807) is 0 Å². The van der Waals surface area contributed by atoms with E-state index in [1.807, 2.05) is 4.98 Å². The van der Waals surface area contributed by atoms with Crippen LogP contribution < -0.4 is 11.2 Å². The Hall–Kier alpha value is -1.61. The standard InChI is InChI=1S/C18H25FN2O5S/c1-9(2)11-5-4-10(3)6-13(11)25-16(23)17-26-14(8-27-17)21-7-12(19)15(22)20-18(21)24/h7,9-11,13-14,17H,4-6,8H2,1-3H3,(H,20,22,24). The number of nitrogens with zero attached hydrogens (tertiary/aromatic N) is 1. The highest BCUT2D eigenvalue weighted by Crippen LogP contribution is 2.37. The molecule has 1 saturated carbocycles. The van der Waals surface area contributed by atoms with Crippen molar-refractivity contribution in [3.05, 3.63) is 32.9 Å². The van der Waals surface area contributed by atoms with Crippen molar-refractivity contribution in [3.8, 4) is 0 Å². The summed E-state index contributed by atoms with van der Waals surface area (Å²) in [5.41, 5.74) is -2.73. The largest absolute Gasteiger partial charge is 0.459 e. The molecule has 0 amide bonds. The minimum Gasteiger partial charge on any atom is -0.459 e. The first-order chi connectivity index (χ1) is 12.8. The number of hydrogen-bond acceptors (Lipinski definition) is 6. The Bertz CT molecular complexity index is 808. The summed E-state index contributed by atoms with van der Waals surface area (Å²) in [6.07, 6.45) is 2.83. The lowest BCUT2D eigenvalue weighted by molar-refractivity contribution is -0.166. The van der Waals surface area contributed by atoms with Gasteiger partial charge in [0.25, 0.3) is 5.56 Å². The van der Waals surface area contributed by atoms with Gasteiger partial charge < -0.3 is 9.47 Å². The van der Waals surface area contributed by atoms with Gasteiger partial charge in [-0.3, -0.25) is 14.3 Å². The van der Waals surface area contributed by atoms with Crippen molar-refractivity contribution in [1.82, 2.24) is 9.55 Å². The number of carbonyl (C=O) groups excluding carboxylic acids is 1. The maximum Gasteiger partial charge on any atom is 0.346 e. The second-order valence-corrected chi connectivity index (χ2v) is 8.80. The SMILES string of the molecule is CC1CCC(C(C)C)C(OC(=O)C2OC(n3cc(F)c(=O)[nH]c3=O)CS2)C1. The molecule has 1 aliphatic carbocycles. The maximum atomic E-state index is 13.5. The van der Waals surface area contributed by atoms with Crippen molar-refractivity contribution >= 4 is 17.7 Å². The molecule has 5 unspecified atom stereocenters. The predicted octanol–water partition coefficient (Wildman–Crippen LogP) is 2.27. The molecule has 2 fully saturated rings. The average molecular weight is 400 g/mol. The number of carbonyl (C=O) groups is 1. The minimum absolute atomic E-state index is 0.141. The summed E-state index contributed by atoms with van der Waals surface area (Å²) in [6.45, 7) is 6.43. The lowest BCUT2D eigenvalue weighted by atomic mass is 9.75. The molecule has 2 heterocycles. The van der Waals surface area contributed by atoms with Crippen LogP contribution in [0.1, 0.15) is 46.3 Å². The van der Waals surface area contributed by atoms with Crippen LogP contribution in [0.15, 0.2) is 15.8 Å². The molecule has 7 nitrogen and oxygen atoms in total. The molecular weight excluding hydrogens is 375 g/mol. The van der Waals surface area contributed by atoms with Crippen molar-refractivity contribution in [2.75, 3.05) is 5.75 Å². The summed E-state index contributed by atoms with van der Waals surface area (Å²) in [4.78, 5) is 37.5. The molecule has 1 aliphatic heterocycles. The molecule has 1 saturated heterocycles. The van der Waals surface area contributed by atoms with E-state index in [2.05, 4.69) is 20.8 Å². The zero-order valence-electron chi connectivity index (χ0n) is 15.6. The predicted molar refractivity (Wildman–Crippen MR) is 98.9 cm³/mol. The van der Waals surface area contributed by atoms with Gasteiger partial charge >= 0.3 is 11.7 Å². The molecular formula is C18H25FN2O5S. The molecule has 2 aliphatic rings. The fraction of sp³-hybridized carbons (Fsp3) is 0.722. The molecule has 1 aromatic rings. The van der Waals surface area contributed by atoms with E-state index in [0.29, 0.717) is 17.8 Å². The molecule has 9 heteroatoms. The number of H-pyrrole nitrogens is 1. The number of thioether (sulfide) groups is 1. The van der Waals surface area contributed by atoms with E-state index in [0.717, 1.165) is 30.0 Å². The van der Waals surface area contributed by atoms with Gasteiger partial charge in [0, 0.05) is 5.75 Å². The van der Waals surface area contributed by atoms with Crippen LogP contribution in [0.25, 0.3) is 0 Å². The molecule has 5 atom stereocenters. The molecule has 27 heavy (non-hydrogen) atoms. The second-order valence-electron chi connectivity index (χ2n) is 7.70. The summed E-state index contributed by atoms with van der Waals surface area (Å²) in [5, 5.41) is 0. The summed E-state index contributed by atoms with van der Waals surface area (Å²) >= 11 is 1.20. The van der Waals surface area contributed by atoms with Crippen LogP contribution in [0.2, 0.25) is 0 Å². The summed E-state index contributed by atoms with van der Waals surface area (Å²) in [7, 11) is 0. The van der Waals surface area contributed by atoms with Crippen LogP contribution in [-0.4, -0.2) is 32.8 Å². The van der Waals surface area contributed by atoms with Crippen molar-refractivity contribution in [3.63, 3.8) is 0 Å². The number of aromatic nitrogens is 2. The Morgan fingerprint density at radius 3 is 2.85 bits per heavy atom. The van der Waals surface area contributed by atoms with Crippen molar-refractivity contribution in [2.45, 2.75) is 57.8 Å². The fourth-order valence-corrected chi connectivity index (χ4v) is 4.77. The first-order valence-corrected chi connectivity index (χ1v) is 10.3. The zero-order chi connectivity index (χ0) is 19.7. The maximum absolute atomic E-state index is 13.5. The lowest BCUT2D eigenvalue weighted by Crippen LogP contribution is -2.38. The van der Waals surface area contributed by atoms with E-state index in [9.17, 15) is 18.8 Å². The van der Waals surface area contributed by atoms with Gasteiger partial charge in [0.15, 0.2) is 0 Å². The number of ether oxygens (including phenoxy) is 2. The number of halogens is 1. The van der Waals surface area contributed by atoms with Gasteiger partial charge in [-0.2, -0.15) is 4.39 Å². The smallest absolute Gasteiger partial charge is 0.346 e. The Balaban J connectivity index is 1.66. The monoisotopic (exact) mass is 400 g/mol. The highest BCUT2D eigenvalue weighted by atomic mass is 32.2. The molecule has 150 valence electrons. The Morgan fingerprint density at radius 1 is 1.41 bits per heavy atom. The first-order valence-electron chi connectivity index (χ1n) is 9.24. The third kappa shape index (κ3) is 4.45. The van der Waals surface area contributed by atoms with Gasteiger partial charge in [-0.25, -0.2) is 9.59 Å². The Kier molecular flexibility index (Phi) is 6.10. The Labute approximate surface area is 160 Å². The van der Waals surface area contributed by atoms with Crippen LogP contribution in [0.4, 0.5) is 4.39 Å². The molecule has 1 N–H and O–H groups in total. The normalized spacial score (nSPS) is 31.2. The van der Waals surface area contributed by atoms with E-state index in [1.165, 1.54) is 11.8 Å². The molecule has 3 rings (SSSR count). The van der Waals surface area contributed by atoms with Crippen molar-refractivity contribution < 1.29 is 18.7 Å². The zero-order valence-corrected chi connectivity index (χ0v) is 16.5. The topological polar surface area (TPSA) is 90.4 Å². The van der Waals surface area contributed by atoms with Gasteiger partial charge in [0.05, 0.1) is 6.20 Å². The van der Waals surface area contributed by atoms with Gasteiger partial charge in [-0.1, -0.05) is 27.2 Å².